The number of hydrogen-bond acceptors (Lipinski definition) is 2. The van der Waals surface area contributed by atoms with Gasteiger partial charge in [0, 0.05) is 11.9 Å². The molecule has 0 unspecified atom stereocenters. The van der Waals surface area contributed by atoms with Crippen LogP contribution in [0.2, 0.25) is 0 Å². The lowest BCUT2D eigenvalue weighted by atomic mass is 10.2. The van der Waals surface area contributed by atoms with Crippen LogP contribution >= 0.6 is 0 Å². The lowest BCUT2D eigenvalue weighted by molar-refractivity contribution is 0.627. The van der Waals surface area contributed by atoms with Crippen LogP contribution < -0.4 is 11.1 Å². The number of rotatable bonds is 4. The summed E-state index contributed by atoms with van der Waals surface area (Å²) in [7, 11) is 0. The quantitative estimate of drug-likeness (QED) is 0.572. The molecule has 0 aliphatic carbocycles. The van der Waals surface area contributed by atoms with Gasteiger partial charge in [-0.3, -0.25) is 0 Å². The van der Waals surface area contributed by atoms with E-state index < -0.39 is 0 Å². The first-order valence-electron chi connectivity index (χ1n) is 7.54. The molecule has 0 spiro atoms. The van der Waals surface area contributed by atoms with Gasteiger partial charge in [0.15, 0.2) is 5.96 Å². The third-order valence-electron chi connectivity index (χ3n) is 3.47. The summed E-state index contributed by atoms with van der Waals surface area (Å²) in [5.41, 5.74) is 9.52. The van der Waals surface area contributed by atoms with Crippen molar-refractivity contribution in [1.29, 1.82) is 0 Å². The molecule has 3 rings (SSSR count). The van der Waals surface area contributed by atoms with E-state index in [2.05, 4.69) is 15.4 Å². The smallest absolute Gasteiger partial charge is 0.193 e. The van der Waals surface area contributed by atoms with Crippen molar-refractivity contribution < 1.29 is 4.39 Å². The molecule has 0 atom stereocenters. The maximum Gasteiger partial charge on any atom is 0.193 e. The third kappa shape index (κ3) is 3.98. The van der Waals surface area contributed by atoms with Crippen LogP contribution in [0.5, 0.6) is 0 Å². The van der Waals surface area contributed by atoms with E-state index in [1.54, 1.807) is 16.8 Å². The maximum absolute atomic E-state index is 12.9. The predicted molar refractivity (Wildman–Crippen MR) is 93.7 cm³/mol. The van der Waals surface area contributed by atoms with Crippen LogP contribution in [0.15, 0.2) is 65.8 Å². The van der Waals surface area contributed by atoms with Gasteiger partial charge >= 0.3 is 0 Å². The lowest BCUT2D eigenvalue weighted by Gasteiger charge is -2.05. The number of hydrogen-bond donors (Lipinski definition) is 2. The Bertz CT molecular complexity index is 835. The number of aromatic nitrogens is 2. The van der Waals surface area contributed by atoms with Gasteiger partial charge in [0.25, 0.3) is 0 Å². The zero-order chi connectivity index (χ0) is 16.9. The predicted octanol–water partition coefficient (Wildman–Crippen LogP) is 3.25. The fourth-order valence-electron chi connectivity index (χ4n) is 2.17. The molecule has 0 bridgehead atoms. The highest BCUT2D eigenvalue weighted by Crippen LogP contribution is 2.10. The van der Waals surface area contributed by atoms with Crippen LogP contribution in [0, 0.1) is 12.7 Å². The van der Waals surface area contributed by atoms with Crippen molar-refractivity contribution in [3.05, 3.63) is 77.9 Å². The number of nitrogens with one attached hydrogen (secondary N) is 1. The van der Waals surface area contributed by atoms with Gasteiger partial charge in [-0.25, -0.2) is 14.1 Å². The number of nitrogens with two attached hydrogens (primary N) is 1. The SMILES string of the molecule is Cc1ccc(NC(N)=NCc2ccn(-c3ccc(F)cc3)n2)cc1. The van der Waals surface area contributed by atoms with Crippen molar-refractivity contribution in [1.82, 2.24) is 9.78 Å². The Morgan fingerprint density at radius 3 is 2.54 bits per heavy atom. The van der Waals surface area contributed by atoms with E-state index in [0.717, 1.165) is 17.1 Å². The number of guanidine groups is 1. The molecular formula is C18H18FN5. The van der Waals surface area contributed by atoms with E-state index in [0.29, 0.717) is 12.5 Å². The van der Waals surface area contributed by atoms with Crippen LogP contribution in [0.4, 0.5) is 10.1 Å². The normalized spacial score (nSPS) is 11.5. The van der Waals surface area contributed by atoms with Gasteiger partial charge in [0.1, 0.15) is 5.82 Å². The number of nitrogens with zero attached hydrogens (tertiary/aromatic N) is 3. The highest BCUT2D eigenvalue weighted by atomic mass is 19.1. The summed E-state index contributed by atoms with van der Waals surface area (Å²) in [6, 6.07) is 15.9. The summed E-state index contributed by atoms with van der Waals surface area (Å²) in [6.07, 6.45) is 1.81. The zero-order valence-electron chi connectivity index (χ0n) is 13.3. The first-order chi connectivity index (χ1) is 11.6. The zero-order valence-corrected chi connectivity index (χ0v) is 13.3. The molecule has 0 saturated heterocycles. The van der Waals surface area contributed by atoms with Gasteiger partial charge in [-0.15, -0.1) is 0 Å². The Morgan fingerprint density at radius 1 is 1.12 bits per heavy atom. The van der Waals surface area contributed by atoms with Gasteiger partial charge in [0.05, 0.1) is 17.9 Å². The van der Waals surface area contributed by atoms with E-state index in [-0.39, 0.29) is 5.82 Å². The van der Waals surface area contributed by atoms with Crippen molar-refractivity contribution in [2.24, 2.45) is 10.7 Å². The maximum atomic E-state index is 12.9. The number of aryl methyl sites for hydroxylation is 1. The van der Waals surface area contributed by atoms with E-state index in [4.69, 9.17) is 5.73 Å². The minimum absolute atomic E-state index is 0.273. The molecule has 3 aromatic rings. The molecule has 24 heavy (non-hydrogen) atoms. The second-order valence-corrected chi connectivity index (χ2v) is 5.42. The largest absolute Gasteiger partial charge is 0.370 e. The molecule has 0 radical (unpaired) electrons. The molecule has 0 aliphatic rings. The summed E-state index contributed by atoms with van der Waals surface area (Å²) >= 11 is 0. The summed E-state index contributed by atoms with van der Waals surface area (Å²) in [5.74, 6) is 0.0564. The highest BCUT2D eigenvalue weighted by molar-refractivity contribution is 5.92. The number of anilines is 1. The summed E-state index contributed by atoms with van der Waals surface area (Å²) in [5, 5.41) is 7.44. The van der Waals surface area contributed by atoms with Crippen molar-refractivity contribution in [2.45, 2.75) is 13.5 Å². The Balaban J connectivity index is 1.63. The van der Waals surface area contributed by atoms with Crippen molar-refractivity contribution in [3.8, 4) is 5.69 Å². The molecule has 3 N–H and O–H groups in total. The Hall–Kier alpha value is -3.15. The van der Waals surface area contributed by atoms with Crippen LogP contribution in [-0.2, 0) is 6.54 Å². The summed E-state index contributed by atoms with van der Waals surface area (Å²) < 4.78 is 14.6. The van der Waals surface area contributed by atoms with Crippen molar-refractivity contribution in [3.63, 3.8) is 0 Å². The fourth-order valence-corrected chi connectivity index (χ4v) is 2.17. The second kappa shape index (κ2) is 6.95. The van der Waals surface area contributed by atoms with Crippen molar-refractivity contribution in [2.75, 3.05) is 5.32 Å². The van der Waals surface area contributed by atoms with Crippen LogP contribution in [0.25, 0.3) is 5.69 Å². The molecule has 6 heteroatoms. The number of benzene rings is 2. The van der Waals surface area contributed by atoms with Gasteiger partial charge in [-0.2, -0.15) is 5.10 Å². The molecule has 0 fully saturated rings. The molecular weight excluding hydrogens is 305 g/mol. The monoisotopic (exact) mass is 323 g/mol. The Labute approximate surface area is 139 Å². The molecule has 0 aliphatic heterocycles. The average Bonchev–Trinajstić information content (AvgIpc) is 3.05. The molecule has 5 nitrogen and oxygen atoms in total. The van der Waals surface area contributed by atoms with Crippen LogP contribution in [-0.4, -0.2) is 15.7 Å². The molecule has 0 saturated carbocycles. The molecule has 1 heterocycles. The molecule has 0 amide bonds. The number of halogens is 1. The third-order valence-corrected chi connectivity index (χ3v) is 3.47. The van der Waals surface area contributed by atoms with Gasteiger partial charge < -0.3 is 11.1 Å². The minimum atomic E-state index is -0.273. The first-order valence-corrected chi connectivity index (χ1v) is 7.54. The molecule has 122 valence electrons. The van der Waals surface area contributed by atoms with Gasteiger partial charge in [-0.1, -0.05) is 17.7 Å². The Kier molecular flexibility index (Phi) is 4.56. The van der Waals surface area contributed by atoms with E-state index in [1.807, 2.05) is 43.5 Å². The van der Waals surface area contributed by atoms with Crippen molar-refractivity contribution >= 4 is 11.6 Å². The molecule has 1 aromatic heterocycles. The number of aliphatic imine (C=N–C) groups is 1. The average molecular weight is 323 g/mol. The minimum Gasteiger partial charge on any atom is -0.370 e. The van der Waals surface area contributed by atoms with E-state index in [9.17, 15) is 4.39 Å². The summed E-state index contributed by atoms with van der Waals surface area (Å²) in [4.78, 5) is 4.28. The van der Waals surface area contributed by atoms with Gasteiger partial charge in [-0.05, 0) is 49.4 Å². The standard InChI is InChI=1S/C18H18FN5/c1-13-2-6-15(7-3-13)22-18(20)21-12-16-10-11-24(23-16)17-8-4-14(19)5-9-17/h2-11H,12H2,1H3,(H3,20,21,22). The summed E-state index contributed by atoms with van der Waals surface area (Å²) in [6.45, 7) is 2.39. The topological polar surface area (TPSA) is 68.2 Å². The lowest BCUT2D eigenvalue weighted by Crippen LogP contribution is -2.22. The van der Waals surface area contributed by atoms with Gasteiger partial charge in [0.2, 0.25) is 0 Å². The Morgan fingerprint density at radius 2 is 1.83 bits per heavy atom. The van der Waals surface area contributed by atoms with Crippen LogP contribution in [0.3, 0.4) is 0 Å². The molecule has 2 aromatic carbocycles. The van der Waals surface area contributed by atoms with E-state index in [1.165, 1.54) is 17.7 Å². The fraction of sp³-hybridized carbons (Fsp3) is 0.111. The first kappa shape index (κ1) is 15.7. The van der Waals surface area contributed by atoms with Crippen LogP contribution in [0.1, 0.15) is 11.3 Å². The van der Waals surface area contributed by atoms with E-state index >= 15 is 0 Å². The second-order valence-electron chi connectivity index (χ2n) is 5.42. The highest BCUT2D eigenvalue weighted by Gasteiger charge is 2.02.